The largest absolute Gasteiger partial charge is 0.443 e. The third-order valence-electron chi connectivity index (χ3n) is 7.60. The number of rotatable bonds is 5. The lowest BCUT2D eigenvalue weighted by molar-refractivity contribution is -0.137. The van der Waals surface area contributed by atoms with Crippen LogP contribution in [0.2, 0.25) is 5.02 Å². The molecule has 1 aliphatic carbocycles. The number of amides is 1. The van der Waals surface area contributed by atoms with Crippen LogP contribution in [0.4, 0.5) is 10.7 Å². The predicted octanol–water partition coefficient (Wildman–Crippen LogP) is 4.98. The van der Waals surface area contributed by atoms with Gasteiger partial charge in [0.05, 0.1) is 4.90 Å². The van der Waals surface area contributed by atoms with Gasteiger partial charge in [-0.2, -0.15) is 4.31 Å². The summed E-state index contributed by atoms with van der Waals surface area (Å²) in [6, 6.07) is 10.5. The molecule has 5 rings (SSSR count). The minimum absolute atomic E-state index is 0.0818. The molecule has 41 heavy (non-hydrogen) atoms. The number of hydrogen-bond acceptors (Lipinski definition) is 7. The average molecular weight is 602 g/mol. The quantitative estimate of drug-likeness (QED) is 0.439. The molecule has 2 aliphatic rings. The van der Waals surface area contributed by atoms with Gasteiger partial charge in [0.2, 0.25) is 21.9 Å². The summed E-state index contributed by atoms with van der Waals surface area (Å²) in [5.41, 5.74) is -0.613. The summed E-state index contributed by atoms with van der Waals surface area (Å²) in [6.07, 6.45) is 5.58. The van der Waals surface area contributed by atoms with Crippen LogP contribution in [0.1, 0.15) is 46.5 Å². The maximum Gasteiger partial charge on any atom is 0.421 e. The van der Waals surface area contributed by atoms with Crippen LogP contribution < -0.4 is 5.32 Å². The Morgan fingerprint density at radius 3 is 2.32 bits per heavy atom. The first-order chi connectivity index (χ1) is 19.4. The van der Waals surface area contributed by atoms with Gasteiger partial charge in [0.25, 0.3) is 0 Å². The van der Waals surface area contributed by atoms with Gasteiger partial charge in [0.1, 0.15) is 5.60 Å². The van der Waals surface area contributed by atoms with Crippen molar-refractivity contribution in [1.29, 1.82) is 0 Å². The van der Waals surface area contributed by atoms with Gasteiger partial charge in [-0.3, -0.25) is 4.79 Å². The highest BCUT2D eigenvalue weighted by Crippen LogP contribution is 2.30. The van der Waals surface area contributed by atoms with E-state index in [0.29, 0.717) is 36.9 Å². The van der Waals surface area contributed by atoms with E-state index in [9.17, 15) is 18.0 Å². The van der Waals surface area contributed by atoms with Crippen molar-refractivity contribution in [2.45, 2.75) is 63.0 Å². The topological polar surface area (TPSA) is 114 Å². The SMILES string of the molecule is CC(C)(C)OC(=O)n1ccnc1N[C@H]1CC[C@H](C(=O)N2CCN(S(=O)(=O)c3ccc4cc(Cl)ccc4c3)CC2)CC1. The Morgan fingerprint density at radius 1 is 0.976 bits per heavy atom. The summed E-state index contributed by atoms with van der Waals surface area (Å²) in [5, 5.41) is 5.62. The molecule has 2 aromatic carbocycles. The highest BCUT2D eigenvalue weighted by Gasteiger charge is 2.34. The Hall–Kier alpha value is -3.15. The average Bonchev–Trinajstić information content (AvgIpc) is 3.40. The van der Waals surface area contributed by atoms with E-state index in [0.717, 1.165) is 23.6 Å². The molecule has 10 nitrogen and oxygen atoms in total. The number of aromatic nitrogens is 2. The normalized spacial score (nSPS) is 20.6. The van der Waals surface area contributed by atoms with Crippen molar-refractivity contribution in [3.8, 4) is 0 Å². The molecule has 1 saturated carbocycles. The molecule has 0 unspecified atom stereocenters. The van der Waals surface area contributed by atoms with Gasteiger partial charge in [-0.05, 0) is 81.5 Å². The molecule has 0 spiro atoms. The summed E-state index contributed by atoms with van der Waals surface area (Å²) in [5.74, 6) is 0.411. The number of imidazole rings is 1. The summed E-state index contributed by atoms with van der Waals surface area (Å²) >= 11 is 6.05. The van der Waals surface area contributed by atoms with Crippen LogP contribution in [-0.2, 0) is 19.6 Å². The minimum Gasteiger partial charge on any atom is -0.443 e. The Kier molecular flexibility index (Phi) is 8.31. The smallest absolute Gasteiger partial charge is 0.421 e. The highest BCUT2D eigenvalue weighted by molar-refractivity contribution is 7.89. The van der Waals surface area contributed by atoms with Gasteiger partial charge in [-0.25, -0.2) is 22.8 Å². The van der Waals surface area contributed by atoms with Crippen LogP contribution in [0, 0.1) is 5.92 Å². The lowest BCUT2D eigenvalue weighted by Crippen LogP contribution is -2.52. The second kappa shape index (κ2) is 11.6. The van der Waals surface area contributed by atoms with Crippen LogP contribution in [0.15, 0.2) is 53.7 Å². The maximum atomic E-state index is 13.3. The number of halogens is 1. The summed E-state index contributed by atoms with van der Waals surface area (Å²) in [6.45, 7) is 6.70. The van der Waals surface area contributed by atoms with E-state index >= 15 is 0 Å². The molecular formula is C29H36ClN5O5S. The van der Waals surface area contributed by atoms with E-state index in [1.807, 2.05) is 26.8 Å². The van der Waals surface area contributed by atoms with Gasteiger partial charge < -0.3 is 15.0 Å². The molecule has 1 amide bonds. The van der Waals surface area contributed by atoms with Gasteiger partial charge in [-0.1, -0.05) is 23.7 Å². The van der Waals surface area contributed by atoms with Crippen LogP contribution in [-0.4, -0.2) is 77.0 Å². The Bertz CT molecular complexity index is 1530. The Balaban J connectivity index is 1.13. The number of carbonyl (C=O) groups is 2. The first kappa shape index (κ1) is 29.3. The van der Waals surface area contributed by atoms with Crippen molar-refractivity contribution in [1.82, 2.24) is 18.8 Å². The van der Waals surface area contributed by atoms with Crippen molar-refractivity contribution in [2.24, 2.45) is 5.92 Å². The van der Waals surface area contributed by atoms with Crippen molar-refractivity contribution >= 4 is 50.3 Å². The molecule has 2 heterocycles. The number of ether oxygens (including phenoxy) is 1. The standard InChI is InChI=1S/C29H36ClN5O5S/c1-29(2,3)40-28(37)35-13-12-31-27(35)32-24-9-5-20(6-10-24)26(36)33-14-16-34(17-15-33)41(38,39)25-11-7-21-18-23(30)8-4-22(21)19-25/h4,7-8,11-13,18-20,24H,5-6,9-10,14-17H2,1-3H3,(H,31,32)/t20-,24-. The van der Waals surface area contributed by atoms with E-state index in [1.54, 1.807) is 47.6 Å². The second-order valence-electron chi connectivity index (χ2n) is 11.7. The van der Waals surface area contributed by atoms with E-state index in [-0.39, 0.29) is 35.9 Å². The second-order valence-corrected chi connectivity index (χ2v) is 14.1. The fraction of sp³-hybridized carbons (Fsp3) is 0.483. The molecule has 2 fully saturated rings. The van der Waals surface area contributed by atoms with Crippen LogP contribution in [0.3, 0.4) is 0 Å². The molecule has 1 saturated heterocycles. The maximum absolute atomic E-state index is 13.3. The number of piperazine rings is 1. The molecule has 1 aromatic heterocycles. The molecule has 1 aliphatic heterocycles. The van der Waals surface area contributed by atoms with Crippen LogP contribution in [0.5, 0.6) is 0 Å². The van der Waals surface area contributed by atoms with E-state index in [1.165, 1.54) is 8.87 Å². The third kappa shape index (κ3) is 6.68. The molecule has 12 heteroatoms. The molecule has 0 bridgehead atoms. The van der Waals surface area contributed by atoms with Gasteiger partial charge in [-0.15, -0.1) is 0 Å². The summed E-state index contributed by atoms with van der Waals surface area (Å²) in [7, 11) is -3.68. The number of benzene rings is 2. The van der Waals surface area contributed by atoms with Crippen molar-refractivity contribution in [3.63, 3.8) is 0 Å². The minimum atomic E-state index is -3.68. The molecule has 0 radical (unpaired) electrons. The number of nitrogens with one attached hydrogen (secondary N) is 1. The van der Waals surface area contributed by atoms with Gasteiger partial charge in [0.15, 0.2) is 0 Å². The Morgan fingerprint density at radius 2 is 1.63 bits per heavy atom. The monoisotopic (exact) mass is 601 g/mol. The zero-order chi connectivity index (χ0) is 29.4. The van der Waals surface area contributed by atoms with Crippen molar-refractivity contribution in [2.75, 3.05) is 31.5 Å². The summed E-state index contributed by atoms with van der Waals surface area (Å²) < 4.78 is 34.9. The lowest BCUT2D eigenvalue weighted by atomic mass is 9.85. The van der Waals surface area contributed by atoms with E-state index in [4.69, 9.17) is 16.3 Å². The Labute approximate surface area is 245 Å². The number of nitrogens with zero attached hydrogens (tertiary/aromatic N) is 4. The number of hydrogen-bond donors (Lipinski definition) is 1. The zero-order valence-electron chi connectivity index (χ0n) is 23.5. The van der Waals surface area contributed by atoms with Crippen LogP contribution in [0.25, 0.3) is 10.8 Å². The first-order valence-electron chi connectivity index (χ1n) is 13.9. The third-order valence-corrected chi connectivity index (χ3v) is 9.73. The highest BCUT2D eigenvalue weighted by atomic mass is 35.5. The van der Waals surface area contributed by atoms with Gasteiger partial charge >= 0.3 is 6.09 Å². The van der Waals surface area contributed by atoms with E-state index in [2.05, 4.69) is 10.3 Å². The molecule has 0 atom stereocenters. The fourth-order valence-electron chi connectivity index (χ4n) is 5.45. The summed E-state index contributed by atoms with van der Waals surface area (Å²) in [4.78, 5) is 32.1. The van der Waals surface area contributed by atoms with E-state index < -0.39 is 21.7 Å². The fourth-order valence-corrected chi connectivity index (χ4v) is 7.09. The number of anilines is 1. The molecular weight excluding hydrogens is 566 g/mol. The molecule has 1 N–H and O–H groups in total. The number of sulfonamides is 1. The van der Waals surface area contributed by atoms with Gasteiger partial charge in [0, 0.05) is 55.6 Å². The first-order valence-corrected chi connectivity index (χ1v) is 15.7. The zero-order valence-corrected chi connectivity index (χ0v) is 25.1. The van der Waals surface area contributed by atoms with Crippen LogP contribution >= 0.6 is 11.6 Å². The number of fused-ring (bicyclic) bond motifs is 1. The molecule has 220 valence electrons. The van der Waals surface area contributed by atoms with Crippen molar-refractivity contribution < 1.29 is 22.7 Å². The number of carbonyl (C=O) groups excluding carboxylic acids is 2. The predicted molar refractivity (Wildman–Crippen MR) is 158 cm³/mol. The lowest BCUT2D eigenvalue weighted by Gasteiger charge is -2.37. The van der Waals surface area contributed by atoms with Crippen molar-refractivity contribution in [3.05, 3.63) is 53.8 Å². The molecule has 3 aromatic rings.